The van der Waals surface area contributed by atoms with E-state index < -0.39 is 0 Å². The average molecular weight is 314 g/mol. The summed E-state index contributed by atoms with van der Waals surface area (Å²) in [7, 11) is 1.73. The molecular formula is C17H22N4O2. The second kappa shape index (κ2) is 8.24. The number of rotatable bonds is 7. The van der Waals surface area contributed by atoms with Gasteiger partial charge in [-0.3, -0.25) is 9.78 Å². The summed E-state index contributed by atoms with van der Waals surface area (Å²) in [5.41, 5.74) is 1.26. The zero-order valence-corrected chi connectivity index (χ0v) is 13.4. The summed E-state index contributed by atoms with van der Waals surface area (Å²) in [5.74, 6) is 0.352. The number of aliphatic hydroxyl groups excluding tert-OH is 1. The fourth-order valence-corrected chi connectivity index (χ4v) is 2.41. The van der Waals surface area contributed by atoms with Crippen LogP contribution in [0.15, 0.2) is 42.7 Å². The van der Waals surface area contributed by atoms with Gasteiger partial charge in [0.25, 0.3) is 5.91 Å². The van der Waals surface area contributed by atoms with Crippen molar-refractivity contribution in [3.05, 3.63) is 54.0 Å². The van der Waals surface area contributed by atoms with Crippen molar-refractivity contribution in [3.8, 4) is 0 Å². The Hall–Kier alpha value is -2.47. The molecular weight excluding hydrogens is 292 g/mol. The summed E-state index contributed by atoms with van der Waals surface area (Å²) in [6.45, 7) is 2.20. The first-order valence-corrected chi connectivity index (χ1v) is 7.65. The van der Waals surface area contributed by atoms with Gasteiger partial charge in [-0.2, -0.15) is 0 Å². The lowest BCUT2D eigenvalue weighted by molar-refractivity contribution is 0.0561. The summed E-state index contributed by atoms with van der Waals surface area (Å²) < 4.78 is 0. The Balaban J connectivity index is 2.34. The fourth-order valence-electron chi connectivity index (χ4n) is 2.41. The molecule has 1 amide bonds. The number of amides is 1. The minimum absolute atomic E-state index is 0.0930. The number of nitrogens with zero attached hydrogens (tertiary/aromatic N) is 3. The Morgan fingerprint density at radius 3 is 2.65 bits per heavy atom. The molecule has 0 saturated heterocycles. The van der Waals surface area contributed by atoms with Crippen LogP contribution in [-0.2, 0) is 6.54 Å². The number of carbonyl (C=O) groups excluding carboxylic acids is 1. The molecule has 122 valence electrons. The molecule has 2 aromatic rings. The SMILES string of the molecule is CC[C@H](CO)N(Cc1ccccn1)C(=O)c1cccnc1NC. The quantitative estimate of drug-likeness (QED) is 0.816. The van der Waals surface area contributed by atoms with E-state index in [9.17, 15) is 9.90 Å². The molecule has 2 N–H and O–H groups in total. The normalized spacial score (nSPS) is 11.8. The Labute approximate surface area is 136 Å². The van der Waals surface area contributed by atoms with Crippen LogP contribution in [0.4, 0.5) is 5.82 Å². The number of aromatic nitrogens is 2. The van der Waals surface area contributed by atoms with Crippen molar-refractivity contribution in [2.45, 2.75) is 25.9 Å². The summed E-state index contributed by atoms with van der Waals surface area (Å²) >= 11 is 0. The van der Waals surface area contributed by atoms with Crippen molar-refractivity contribution in [2.75, 3.05) is 19.0 Å². The van der Waals surface area contributed by atoms with Gasteiger partial charge in [0.15, 0.2) is 0 Å². The molecule has 0 aromatic carbocycles. The van der Waals surface area contributed by atoms with Gasteiger partial charge in [-0.25, -0.2) is 4.98 Å². The molecule has 2 aromatic heterocycles. The zero-order chi connectivity index (χ0) is 16.7. The van der Waals surface area contributed by atoms with E-state index in [2.05, 4.69) is 15.3 Å². The topological polar surface area (TPSA) is 78.3 Å². The molecule has 0 aliphatic carbocycles. The lowest BCUT2D eigenvalue weighted by atomic mass is 10.1. The van der Waals surface area contributed by atoms with E-state index in [0.29, 0.717) is 24.3 Å². The summed E-state index contributed by atoms with van der Waals surface area (Å²) in [4.78, 5) is 23.1. The highest BCUT2D eigenvalue weighted by Gasteiger charge is 2.25. The highest BCUT2D eigenvalue weighted by atomic mass is 16.3. The predicted molar refractivity (Wildman–Crippen MR) is 89.1 cm³/mol. The van der Waals surface area contributed by atoms with Gasteiger partial charge < -0.3 is 15.3 Å². The largest absolute Gasteiger partial charge is 0.394 e. The maximum Gasteiger partial charge on any atom is 0.258 e. The second-order valence-electron chi connectivity index (χ2n) is 5.15. The van der Waals surface area contributed by atoms with Crippen LogP contribution in [0.25, 0.3) is 0 Å². The smallest absolute Gasteiger partial charge is 0.258 e. The van der Waals surface area contributed by atoms with Crippen molar-refractivity contribution < 1.29 is 9.90 Å². The molecule has 23 heavy (non-hydrogen) atoms. The second-order valence-corrected chi connectivity index (χ2v) is 5.15. The van der Waals surface area contributed by atoms with Crippen LogP contribution in [0, 0.1) is 0 Å². The van der Waals surface area contributed by atoms with Gasteiger partial charge in [-0.1, -0.05) is 13.0 Å². The van der Waals surface area contributed by atoms with Crippen LogP contribution in [0.3, 0.4) is 0 Å². The average Bonchev–Trinajstić information content (AvgIpc) is 2.62. The van der Waals surface area contributed by atoms with Gasteiger partial charge in [0, 0.05) is 19.4 Å². The van der Waals surface area contributed by atoms with Gasteiger partial charge in [-0.05, 0) is 30.7 Å². The van der Waals surface area contributed by atoms with E-state index in [-0.39, 0.29) is 18.6 Å². The van der Waals surface area contributed by atoms with Crippen molar-refractivity contribution in [2.24, 2.45) is 0 Å². The van der Waals surface area contributed by atoms with E-state index in [1.165, 1.54) is 0 Å². The standard InChI is InChI=1S/C17H22N4O2/c1-3-14(12-22)21(11-13-7-4-5-9-19-13)17(23)15-8-6-10-20-16(15)18-2/h4-10,14,22H,3,11-12H2,1-2H3,(H,18,20)/t14-/m1/s1. The van der Waals surface area contributed by atoms with E-state index in [1.54, 1.807) is 36.5 Å². The molecule has 0 bridgehead atoms. The number of carbonyl (C=O) groups is 1. The Bertz CT molecular complexity index is 630. The van der Waals surface area contributed by atoms with E-state index in [4.69, 9.17) is 0 Å². The molecule has 0 spiro atoms. The minimum Gasteiger partial charge on any atom is -0.394 e. The molecule has 2 rings (SSSR count). The van der Waals surface area contributed by atoms with Crippen LogP contribution in [0.2, 0.25) is 0 Å². The molecule has 1 atom stereocenters. The highest BCUT2D eigenvalue weighted by molar-refractivity contribution is 5.98. The molecule has 0 fully saturated rings. The number of hydrogen-bond donors (Lipinski definition) is 2. The maximum absolute atomic E-state index is 13.0. The lowest BCUT2D eigenvalue weighted by Crippen LogP contribution is -2.42. The van der Waals surface area contributed by atoms with Crippen molar-refractivity contribution in [1.82, 2.24) is 14.9 Å². The zero-order valence-electron chi connectivity index (χ0n) is 13.4. The molecule has 0 unspecified atom stereocenters. The third-order valence-corrected chi connectivity index (χ3v) is 3.72. The first kappa shape index (κ1) is 16.9. The molecule has 0 saturated carbocycles. The van der Waals surface area contributed by atoms with Gasteiger partial charge in [0.05, 0.1) is 30.5 Å². The third-order valence-electron chi connectivity index (χ3n) is 3.72. The van der Waals surface area contributed by atoms with Crippen molar-refractivity contribution >= 4 is 11.7 Å². The highest BCUT2D eigenvalue weighted by Crippen LogP contribution is 2.18. The van der Waals surface area contributed by atoms with Gasteiger partial charge in [-0.15, -0.1) is 0 Å². The first-order chi connectivity index (χ1) is 11.2. The van der Waals surface area contributed by atoms with Gasteiger partial charge >= 0.3 is 0 Å². The van der Waals surface area contributed by atoms with Gasteiger partial charge in [0.1, 0.15) is 5.82 Å². The number of nitrogens with one attached hydrogen (secondary N) is 1. The number of hydrogen-bond acceptors (Lipinski definition) is 5. The van der Waals surface area contributed by atoms with Crippen LogP contribution >= 0.6 is 0 Å². The van der Waals surface area contributed by atoms with E-state index in [0.717, 1.165) is 5.69 Å². The summed E-state index contributed by atoms with van der Waals surface area (Å²) in [6, 6.07) is 8.78. The molecule has 6 heteroatoms. The van der Waals surface area contributed by atoms with E-state index >= 15 is 0 Å². The Morgan fingerprint density at radius 1 is 1.26 bits per heavy atom. The Morgan fingerprint density at radius 2 is 2.04 bits per heavy atom. The molecule has 2 heterocycles. The van der Waals surface area contributed by atoms with Crippen LogP contribution in [-0.4, -0.2) is 45.6 Å². The van der Waals surface area contributed by atoms with Crippen LogP contribution in [0.1, 0.15) is 29.4 Å². The van der Waals surface area contributed by atoms with E-state index in [1.807, 2.05) is 25.1 Å². The molecule has 0 aliphatic rings. The van der Waals surface area contributed by atoms with Gasteiger partial charge in [0.2, 0.25) is 0 Å². The minimum atomic E-state index is -0.269. The lowest BCUT2D eigenvalue weighted by Gasteiger charge is -2.30. The van der Waals surface area contributed by atoms with Crippen LogP contribution < -0.4 is 5.32 Å². The molecule has 0 radical (unpaired) electrons. The summed E-state index contributed by atoms with van der Waals surface area (Å²) in [5, 5.41) is 12.6. The number of pyridine rings is 2. The predicted octanol–water partition coefficient (Wildman–Crippen LogP) is 1.93. The Kier molecular flexibility index (Phi) is 6.05. The number of aliphatic hydroxyl groups is 1. The molecule has 6 nitrogen and oxygen atoms in total. The first-order valence-electron chi connectivity index (χ1n) is 7.65. The maximum atomic E-state index is 13.0. The van der Waals surface area contributed by atoms with Crippen molar-refractivity contribution in [3.63, 3.8) is 0 Å². The third kappa shape index (κ3) is 4.04. The monoisotopic (exact) mass is 314 g/mol. The fraction of sp³-hybridized carbons (Fsp3) is 0.353. The summed E-state index contributed by atoms with van der Waals surface area (Å²) in [6.07, 6.45) is 3.99. The molecule has 0 aliphatic heterocycles. The van der Waals surface area contributed by atoms with Crippen LogP contribution in [0.5, 0.6) is 0 Å². The number of anilines is 1. The van der Waals surface area contributed by atoms with Crippen molar-refractivity contribution in [1.29, 1.82) is 0 Å².